The molecule has 0 radical (unpaired) electrons. The average Bonchev–Trinajstić information content (AvgIpc) is 2.35. The molecule has 2 unspecified atom stereocenters. The van der Waals surface area contributed by atoms with Crippen LogP contribution in [-0.4, -0.2) is 62.4 Å². The SMILES string of the molecule is COCCC(CO)NC(=O)C1CNC(=O)CN1. The van der Waals surface area contributed by atoms with Crippen molar-refractivity contribution in [2.45, 2.75) is 18.5 Å². The molecule has 0 bridgehead atoms. The number of hydrogen-bond acceptors (Lipinski definition) is 5. The smallest absolute Gasteiger partial charge is 0.239 e. The molecule has 1 rings (SSSR count). The Bertz CT molecular complexity index is 262. The van der Waals surface area contributed by atoms with Gasteiger partial charge in [-0.05, 0) is 6.42 Å². The molecule has 17 heavy (non-hydrogen) atoms. The molecule has 1 heterocycles. The zero-order valence-corrected chi connectivity index (χ0v) is 9.86. The number of aliphatic hydroxyl groups is 1. The van der Waals surface area contributed by atoms with Gasteiger partial charge in [-0.1, -0.05) is 0 Å². The summed E-state index contributed by atoms with van der Waals surface area (Å²) in [6.45, 7) is 0.752. The third-order valence-electron chi connectivity index (χ3n) is 2.57. The highest BCUT2D eigenvalue weighted by Crippen LogP contribution is 1.95. The van der Waals surface area contributed by atoms with Crippen molar-refractivity contribution in [2.24, 2.45) is 0 Å². The molecule has 0 saturated carbocycles. The fourth-order valence-electron chi connectivity index (χ4n) is 1.52. The van der Waals surface area contributed by atoms with E-state index in [0.29, 0.717) is 13.0 Å². The number of carbonyl (C=O) groups excluding carboxylic acids is 2. The Kier molecular flexibility index (Phi) is 5.88. The molecule has 4 N–H and O–H groups in total. The molecule has 1 aliphatic heterocycles. The molecule has 0 aromatic rings. The number of aliphatic hydroxyl groups excluding tert-OH is 1. The molecule has 1 saturated heterocycles. The lowest BCUT2D eigenvalue weighted by atomic mass is 10.1. The number of amides is 2. The van der Waals surface area contributed by atoms with E-state index in [1.165, 1.54) is 0 Å². The van der Waals surface area contributed by atoms with Crippen molar-refractivity contribution in [1.82, 2.24) is 16.0 Å². The lowest BCUT2D eigenvalue weighted by molar-refractivity contribution is -0.127. The quantitative estimate of drug-likeness (QED) is 0.417. The average molecular weight is 245 g/mol. The van der Waals surface area contributed by atoms with E-state index in [4.69, 9.17) is 9.84 Å². The number of ether oxygens (including phenoxy) is 1. The highest BCUT2D eigenvalue weighted by molar-refractivity contribution is 5.86. The van der Waals surface area contributed by atoms with E-state index in [1.807, 2.05) is 0 Å². The highest BCUT2D eigenvalue weighted by atomic mass is 16.5. The molecule has 2 amide bonds. The first kappa shape index (κ1) is 13.9. The predicted octanol–water partition coefficient (Wildman–Crippen LogP) is -2.41. The van der Waals surface area contributed by atoms with Gasteiger partial charge in [0, 0.05) is 20.3 Å². The Morgan fingerprint density at radius 3 is 3.00 bits per heavy atom. The number of piperazine rings is 1. The topological polar surface area (TPSA) is 99.7 Å². The van der Waals surface area contributed by atoms with Gasteiger partial charge in [0.15, 0.2) is 0 Å². The van der Waals surface area contributed by atoms with Crippen LogP contribution in [0.25, 0.3) is 0 Å². The monoisotopic (exact) mass is 245 g/mol. The van der Waals surface area contributed by atoms with Gasteiger partial charge in [0.1, 0.15) is 6.04 Å². The number of carbonyl (C=O) groups is 2. The standard InChI is InChI=1S/C10H19N3O4/c1-17-3-2-7(6-14)13-10(16)8-4-12-9(15)5-11-8/h7-8,11,14H,2-6H2,1H3,(H,12,15)(H,13,16). The summed E-state index contributed by atoms with van der Waals surface area (Å²) in [5.41, 5.74) is 0. The first-order valence-corrected chi connectivity index (χ1v) is 5.57. The molecule has 0 spiro atoms. The van der Waals surface area contributed by atoms with Gasteiger partial charge in [0.05, 0.1) is 19.2 Å². The number of nitrogens with one attached hydrogen (secondary N) is 3. The molecule has 0 aromatic heterocycles. The van der Waals surface area contributed by atoms with Gasteiger partial charge < -0.3 is 20.5 Å². The van der Waals surface area contributed by atoms with Gasteiger partial charge >= 0.3 is 0 Å². The summed E-state index contributed by atoms with van der Waals surface area (Å²) in [4.78, 5) is 22.6. The van der Waals surface area contributed by atoms with Crippen LogP contribution in [0.3, 0.4) is 0 Å². The zero-order chi connectivity index (χ0) is 12.7. The second-order valence-corrected chi connectivity index (χ2v) is 3.91. The van der Waals surface area contributed by atoms with Crippen LogP contribution in [0.5, 0.6) is 0 Å². The van der Waals surface area contributed by atoms with Crippen LogP contribution in [0.4, 0.5) is 0 Å². The van der Waals surface area contributed by atoms with Crippen LogP contribution < -0.4 is 16.0 Å². The Morgan fingerprint density at radius 2 is 2.47 bits per heavy atom. The molecule has 7 nitrogen and oxygen atoms in total. The van der Waals surface area contributed by atoms with Crippen molar-refractivity contribution in [2.75, 3.05) is 33.4 Å². The Labute approximate surface area is 99.9 Å². The highest BCUT2D eigenvalue weighted by Gasteiger charge is 2.25. The largest absolute Gasteiger partial charge is 0.394 e. The van der Waals surface area contributed by atoms with E-state index in [-0.39, 0.29) is 37.6 Å². The van der Waals surface area contributed by atoms with Gasteiger partial charge in [0.2, 0.25) is 11.8 Å². The summed E-state index contributed by atoms with van der Waals surface area (Å²) in [5, 5.41) is 17.2. The van der Waals surface area contributed by atoms with E-state index < -0.39 is 6.04 Å². The maximum atomic E-state index is 11.8. The van der Waals surface area contributed by atoms with Crippen molar-refractivity contribution in [3.05, 3.63) is 0 Å². The molecular weight excluding hydrogens is 226 g/mol. The van der Waals surface area contributed by atoms with Gasteiger partial charge in [-0.2, -0.15) is 0 Å². The number of rotatable bonds is 6. The van der Waals surface area contributed by atoms with E-state index in [0.717, 1.165) is 0 Å². The van der Waals surface area contributed by atoms with Crippen LogP contribution in [0.1, 0.15) is 6.42 Å². The van der Waals surface area contributed by atoms with E-state index in [9.17, 15) is 9.59 Å². The fourth-order valence-corrected chi connectivity index (χ4v) is 1.52. The molecule has 2 atom stereocenters. The Hall–Kier alpha value is -1.18. The minimum atomic E-state index is -0.440. The van der Waals surface area contributed by atoms with Crippen LogP contribution in [-0.2, 0) is 14.3 Å². The third-order valence-corrected chi connectivity index (χ3v) is 2.57. The Morgan fingerprint density at radius 1 is 1.71 bits per heavy atom. The van der Waals surface area contributed by atoms with Gasteiger partial charge in [-0.3, -0.25) is 14.9 Å². The zero-order valence-electron chi connectivity index (χ0n) is 9.86. The lowest BCUT2D eigenvalue weighted by Gasteiger charge is -2.25. The minimum Gasteiger partial charge on any atom is -0.394 e. The van der Waals surface area contributed by atoms with Crippen molar-refractivity contribution in [1.29, 1.82) is 0 Å². The molecule has 0 aliphatic carbocycles. The second kappa shape index (κ2) is 7.21. The normalized spacial score (nSPS) is 21.8. The van der Waals surface area contributed by atoms with Crippen molar-refractivity contribution < 1.29 is 19.4 Å². The summed E-state index contributed by atoms with van der Waals surface area (Å²) in [6.07, 6.45) is 0.553. The van der Waals surface area contributed by atoms with Gasteiger partial charge in [-0.25, -0.2) is 0 Å². The molecule has 1 fully saturated rings. The lowest BCUT2D eigenvalue weighted by Crippen LogP contribution is -2.59. The van der Waals surface area contributed by atoms with Crippen LogP contribution >= 0.6 is 0 Å². The molecule has 7 heteroatoms. The summed E-state index contributed by atoms with van der Waals surface area (Å²) < 4.78 is 4.88. The molecular formula is C10H19N3O4. The summed E-state index contributed by atoms with van der Waals surface area (Å²) >= 11 is 0. The van der Waals surface area contributed by atoms with Crippen molar-refractivity contribution in [3.63, 3.8) is 0 Å². The van der Waals surface area contributed by atoms with Crippen molar-refractivity contribution >= 4 is 11.8 Å². The molecule has 0 aromatic carbocycles. The first-order chi connectivity index (χ1) is 8.17. The van der Waals surface area contributed by atoms with Crippen molar-refractivity contribution in [3.8, 4) is 0 Å². The molecule has 98 valence electrons. The number of methoxy groups -OCH3 is 1. The summed E-state index contributed by atoms with van der Waals surface area (Å²) in [6, 6.07) is -0.758. The summed E-state index contributed by atoms with van der Waals surface area (Å²) in [5.74, 6) is -0.340. The van der Waals surface area contributed by atoms with Crippen LogP contribution in [0.15, 0.2) is 0 Å². The Balaban J connectivity index is 2.33. The maximum Gasteiger partial charge on any atom is 0.239 e. The molecule has 1 aliphatic rings. The van der Waals surface area contributed by atoms with Crippen LogP contribution in [0, 0.1) is 0 Å². The van der Waals surface area contributed by atoms with E-state index >= 15 is 0 Å². The first-order valence-electron chi connectivity index (χ1n) is 5.57. The number of hydrogen-bond donors (Lipinski definition) is 4. The second-order valence-electron chi connectivity index (χ2n) is 3.91. The minimum absolute atomic E-state index is 0.118. The van der Waals surface area contributed by atoms with Gasteiger partial charge in [-0.15, -0.1) is 0 Å². The van der Waals surface area contributed by atoms with E-state index in [2.05, 4.69) is 16.0 Å². The van der Waals surface area contributed by atoms with Gasteiger partial charge in [0.25, 0.3) is 0 Å². The van der Waals surface area contributed by atoms with E-state index in [1.54, 1.807) is 7.11 Å². The summed E-state index contributed by atoms with van der Waals surface area (Å²) in [7, 11) is 1.56. The predicted molar refractivity (Wildman–Crippen MR) is 60.3 cm³/mol. The third kappa shape index (κ3) is 4.68. The fraction of sp³-hybridized carbons (Fsp3) is 0.800. The van der Waals surface area contributed by atoms with Crippen LogP contribution in [0.2, 0.25) is 0 Å². The maximum absolute atomic E-state index is 11.8.